The lowest BCUT2D eigenvalue weighted by Crippen LogP contribution is -2.39. The zero-order valence-electron chi connectivity index (χ0n) is 15.5. The van der Waals surface area contributed by atoms with Crippen molar-refractivity contribution in [1.82, 2.24) is 10.6 Å². The van der Waals surface area contributed by atoms with Crippen LogP contribution < -0.4 is 10.6 Å². The van der Waals surface area contributed by atoms with E-state index in [-0.39, 0.29) is 29.2 Å². The first-order chi connectivity index (χ1) is 12.9. The first-order valence-electron chi connectivity index (χ1n) is 9.71. The minimum Gasteiger partial charge on any atom is -0.472 e. The van der Waals surface area contributed by atoms with Gasteiger partial charge in [0.1, 0.15) is 16.1 Å². The van der Waals surface area contributed by atoms with Gasteiger partial charge in [0.2, 0.25) is 5.91 Å². The Morgan fingerprint density at radius 3 is 2.11 bits per heavy atom. The second-order valence-electron chi connectivity index (χ2n) is 7.78. The standard InChI is InChI=1S/C19H28N2O5S/c22-18(16-6-9-27(24,25)10-7-16)20-11-14-1-3-15(4-2-14)12-21-19(23)17-5-8-26-13-17/h5,8,13-16H,1-4,6-7,9-12H2,(H,20,22)(H,21,23). The summed E-state index contributed by atoms with van der Waals surface area (Å²) in [6.45, 7) is 1.33. The first kappa shape index (κ1) is 19.9. The number of sulfone groups is 1. The summed E-state index contributed by atoms with van der Waals surface area (Å²) in [5.74, 6) is 0.912. The van der Waals surface area contributed by atoms with E-state index in [1.807, 2.05) is 0 Å². The molecule has 0 spiro atoms. The summed E-state index contributed by atoms with van der Waals surface area (Å²) in [5.41, 5.74) is 0.543. The van der Waals surface area contributed by atoms with Gasteiger partial charge < -0.3 is 15.1 Å². The molecule has 0 bridgehead atoms. The maximum atomic E-state index is 12.2. The zero-order chi connectivity index (χ0) is 19.3. The van der Waals surface area contributed by atoms with Crippen LogP contribution in [0.3, 0.4) is 0 Å². The van der Waals surface area contributed by atoms with Crippen LogP contribution in [0.1, 0.15) is 48.9 Å². The number of carbonyl (C=O) groups is 2. The van der Waals surface area contributed by atoms with Crippen LogP contribution >= 0.6 is 0 Å². The van der Waals surface area contributed by atoms with Crippen molar-refractivity contribution in [3.05, 3.63) is 24.2 Å². The van der Waals surface area contributed by atoms with Crippen molar-refractivity contribution >= 4 is 21.7 Å². The lowest BCUT2D eigenvalue weighted by molar-refractivity contribution is -0.125. The Labute approximate surface area is 160 Å². The van der Waals surface area contributed by atoms with Crippen LogP contribution in [0, 0.1) is 17.8 Å². The van der Waals surface area contributed by atoms with E-state index in [1.165, 1.54) is 12.5 Å². The molecule has 2 amide bonds. The SMILES string of the molecule is O=C(NCC1CCC(CNC(=O)C2CCS(=O)(=O)CC2)CC1)c1ccoc1. The fourth-order valence-electron chi connectivity index (χ4n) is 3.91. The molecule has 3 rings (SSSR count). The Kier molecular flexibility index (Phi) is 6.57. The molecule has 1 aromatic heterocycles. The minimum atomic E-state index is -2.93. The van der Waals surface area contributed by atoms with E-state index in [9.17, 15) is 18.0 Å². The number of amides is 2. The summed E-state index contributed by atoms with van der Waals surface area (Å²) in [6.07, 6.45) is 7.95. The van der Waals surface area contributed by atoms with Crippen LogP contribution in [0.5, 0.6) is 0 Å². The quantitative estimate of drug-likeness (QED) is 0.762. The van der Waals surface area contributed by atoms with Crippen LogP contribution in [0.4, 0.5) is 0 Å². The number of rotatable bonds is 6. The van der Waals surface area contributed by atoms with Gasteiger partial charge >= 0.3 is 0 Å². The number of carbonyl (C=O) groups excluding carboxylic acids is 2. The molecule has 2 fully saturated rings. The average Bonchev–Trinajstić information content (AvgIpc) is 3.20. The van der Waals surface area contributed by atoms with Crippen LogP contribution in [0.15, 0.2) is 23.0 Å². The summed E-state index contributed by atoms with van der Waals surface area (Å²) in [6, 6.07) is 1.65. The van der Waals surface area contributed by atoms with E-state index < -0.39 is 9.84 Å². The van der Waals surface area contributed by atoms with Gasteiger partial charge in [-0.15, -0.1) is 0 Å². The molecule has 0 unspecified atom stereocenters. The fraction of sp³-hybridized carbons (Fsp3) is 0.684. The van der Waals surface area contributed by atoms with E-state index >= 15 is 0 Å². The number of hydrogen-bond donors (Lipinski definition) is 2. The lowest BCUT2D eigenvalue weighted by Gasteiger charge is -2.29. The highest BCUT2D eigenvalue weighted by molar-refractivity contribution is 7.91. The van der Waals surface area contributed by atoms with Crippen LogP contribution in [-0.2, 0) is 14.6 Å². The summed E-state index contributed by atoms with van der Waals surface area (Å²) in [7, 11) is -2.93. The van der Waals surface area contributed by atoms with Gasteiger partial charge in [0, 0.05) is 19.0 Å². The normalized spacial score (nSPS) is 25.6. The summed E-state index contributed by atoms with van der Waals surface area (Å²) in [5, 5.41) is 5.97. The molecule has 2 heterocycles. The second kappa shape index (κ2) is 8.91. The molecule has 7 nitrogen and oxygen atoms in total. The van der Waals surface area contributed by atoms with Crippen molar-refractivity contribution < 1.29 is 22.4 Å². The molecule has 0 radical (unpaired) electrons. The summed E-state index contributed by atoms with van der Waals surface area (Å²) in [4.78, 5) is 24.2. The molecule has 1 saturated heterocycles. The highest BCUT2D eigenvalue weighted by Gasteiger charge is 2.29. The Morgan fingerprint density at radius 2 is 1.56 bits per heavy atom. The number of hydrogen-bond acceptors (Lipinski definition) is 5. The zero-order valence-corrected chi connectivity index (χ0v) is 16.3. The molecule has 1 saturated carbocycles. The van der Waals surface area contributed by atoms with Crippen LogP contribution in [0.25, 0.3) is 0 Å². The third kappa shape index (κ3) is 5.82. The van der Waals surface area contributed by atoms with Crippen LogP contribution in [0.2, 0.25) is 0 Å². The highest BCUT2D eigenvalue weighted by atomic mass is 32.2. The molecule has 150 valence electrons. The predicted molar refractivity (Wildman–Crippen MR) is 101 cm³/mol. The van der Waals surface area contributed by atoms with Crippen LogP contribution in [-0.4, -0.2) is 44.8 Å². The van der Waals surface area contributed by atoms with Crippen molar-refractivity contribution in [3.63, 3.8) is 0 Å². The van der Waals surface area contributed by atoms with Crippen molar-refractivity contribution in [2.24, 2.45) is 17.8 Å². The summed E-state index contributed by atoms with van der Waals surface area (Å²) < 4.78 is 27.8. The van der Waals surface area contributed by atoms with Gasteiger partial charge in [-0.25, -0.2) is 8.42 Å². The molecule has 8 heteroatoms. The molecular formula is C19H28N2O5S. The van der Waals surface area contributed by atoms with E-state index in [1.54, 1.807) is 6.07 Å². The number of nitrogens with one attached hydrogen (secondary N) is 2. The Hall–Kier alpha value is -1.83. The van der Waals surface area contributed by atoms with Crippen molar-refractivity contribution in [2.75, 3.05) is 24.6 Å². The molecule has 0 atom stereocenters. The average molecular weight is 397 g/mol. The topological polar surface area (TPSA) is 105 Å². The van der Waals surface area contributed by atoms with Gasteiger partial charge in [-0.3, -0.25) is 9.59 Å². The Balaban J connectivity index is 1.31. The van der Waals surface area contributed by atoms with E-state index in [2.05, 4.69) is 10.6 Å². The Morgan fingerprint density at radius 1 is 0.963 bits per heavy atom. The van der Waals surface area contributed by atoms with E-state index in [4.69, 9.17) is 4.42 Å². The largest absolute Gasteiger partial charge is 0.472 e. The summed E-state index contributed by atoms with van der Waals surface area (Å²) >= 11 is 0. The van der Waals surface area contributed by atoms with Gasteiger partial charge in [0.25, 0.3) is 5.91 Å². The van der Waals surface area contributed by atoms with Crippen molar-refractivity contribution in [1.29, 1.82) is 0 Å². The van der Waals surface area contributed by atoms with E-state index in [0.717, 1.165) is 25.7 Å². The van der Waals surface area contributed by atoms with Gasteiger partial charge in [-0.2, -0.15) is 0 Å². The maximum absolute atomic E-state index is 12.2. The molecule has 1 aromatic rings. The smallest absolute Gasteiger partial charge is 0.254 e. The van der Waals surface area contributed by atoms with Crippen molar-refractivity contribution in [3.8, 4) is 0 Å². The van der Waals surface area contributed by atoms with Gasteiger partial charge in [0.05, 0.1) is 23.3 Å². The molecule has 27 heavy (non-hydrogen) atoms. The maximum Gasteiger partial charge on any atom is 0.254 e. The molecule has 2 N–H and O–H groups in total. The highest BCUT2D eigenvalue weighted by Crippen LogP contribution is 2.28. The van der Waals surface area contributed by atoms with Gasteiger partial charge in [0.15, 0.2) is 0 Å². The molecule has 1 aliphatic heterocycles. The van der Waals surface area contributed by atoms with Crippen molar-refractivity contribution in [2.45, 2.75) is 38.5 Å². The molecular weight excluding hydrogens is 368 g/mol. The Bertz CT molecular complexity index is 722. The first-order valence-corrected chi connectivity index (χ1v) is 11.5. The molecule has 1 aliphatic carbocycles. The van der Waals surface area contributed by atoms with E-state index in [0.29, 0.717) is 43.3 Å². The molecule has 2 aliphatic rings. The second-order valence-corrected chi connectivity index (χ2v) is 10.1. The van der Waals surface area contributed by atoms with Gasteiger partial charge in [-0.1, -0.05) is 0 Å². The fourth-order valence-corrected chi connectivity index (χ4v) is 5.41. The molecule has 0 aromatic carbocycles. The minimum absolute atomic E-state index is 0.000557. The number of furan rings is 1. The third-order valence-corrected chi connectivity index (χ3v) is 7.51. The van der Waals surface area contributed by atoms with Gasteiger partial charge in [-0.05, 0) is 56.4 Å². The lowest BCUT2D eigenvalue weighted by atomic mass is 9.82. The third-order valence-electron chi connectivity index (χ3n) is 5.79. The predicted octanol–water partition coefficient (Wildman–Crippen LogP) is 1.76. The monoisotopic (exact) mass is 396 g/mol.